The standard InChI is InChI=1S/7K.4Na.H7O16P5.11H/c;;;;;;;;;;;1-17(2,3)13-20(10,11)16-21(12,14-18(4,5)6)15-19(7,8)9;;;;;;;;;;;/h;;;;;;;;;;;(H,10,11)(H2,1,2,3)(H2,4,5,6)(H2,7,8,9);;;;;;;;;;;/q11*+1;;11*-1. The third kappa shape index (κ3) is 58.4. The van der Waals surface area contributed by atoms with E-state index in [9.17, 15) is 22.8 Å². The zero-order valence-electron chi connectivity index (χ0n) is 31.0. The van der Waals surface area contributed by atoms with Gasteiger partial charge in [0, 0.05) is 0 Å². The van der Waals surface area contributed by atoms with Crippen LogP contribution in [0.2, 0.25) is 0 Å². The molecule has 0 rings (SSSR count). The van der Waals surface area contributed by atoms with Crippen molar-refractivity contribution < 1.29 is 568 Å². The van der Waals surface area contributed by atoms with Gasteiger partial charge in [0.1, 0.15) is 0 Å². The van der Waals surface area contributed by atoms with E-state index in [0.29, 0.717) is 0 Å². The van der Waals surface area contributed by atoms with Crippen LogP contribution < -0.4 is 478 Å². The first kappa shape index (κ1) is 81.9. The average molecular weight is 795 g/mol. The van der Waals surface area contributed by atoms with E-state index in [2.05, 4.69) is 17.2 Å². The van der Waals surface area contributed by atoms with E-state index in [1.54, 1.807) is 0 Å². The van der Waals surface area contributed by atoms with Gasteiger partial charge in [0.2, 0.25) is 0 Å². The third-order valence-electron chi connectivity index (χ3n) is 0.825. The normalized spacial score (nSPS) is 11.5. The second kappa shape index (κ2) is 39.9. The summed E-state index contributed by atoms with van der Waals surface area (Å²) in [4.78, 5) is 58.5. The fraction of sp³-hybridized carbons (Fsp3) is 0. The Bertz CT molecular complexity index is 638. The maximum Gasteiger partial charge on any atom is 1.00 e. The van der Waals surface area contributed by atoms with Gasteiger partial charge in [0.05, 0.1) is 0 Å². The molecule has 0 aliphatic rings. The molecule has 0 heterocycles. The van der Waals surface area contributed by atoms with Crippen LogP contribution in [-0.2, 0) is 40.1 Å². The van der Waals surface area contributed by atoms with E-state index >= 15 is 0 Å². The predicted molar refractivity (Wildman–Crippen MR) is 70.1 cm³/mol. The minimum Gasteiger partial charge on any atom is -1.00 e. The van der Waals surface area contributed by atoms with Gasteiger partial charge in [0.15, 0.2) is 0 Å². The van der Waals surface area contributed by atoms with Gasteiger partial charge < -0.3 is 49.9 Å². The van der Waals surface area contributed by atoms with Crippen molar-refractivity contribution in [3.8, 4) is 0 Å². The molecule has 0 aromatic carbocycles. The monoisotopic (exact) mass is 794 g/mol. The summed E-state index contributed by atoms with van der Waals surface area (Å²) >= 11 is 0. The molecule has 32 heteroatoms. The molecule has 0 aromatic rings. The van der Waals surface area contributed by atoms with E-state index in [4.69, 9.17) is 34.3 Å². The Morgan fingerprint density at radius 3 is 0.750 bits per heavy atom. The van der Waals surface area contributed by atoms with Gasteiger partial charge in [-0.2, -0.15) is 17.2 Å². The van der Waals surface area contributed by atoms with Crippen molar-refractivity contribution in [2.45, 2.75) is 0 Å². The molecule has 1 atom stereocenters. The summed E-state index contributed by atoms with van der Waals surface area (Å²) in [5, 5.41) is 0. The quantitative estimate of drug-likeness (QED) is 0.0889. The van der Waals surface area contributed by atoms with Crippen molar-refractivity contribution in [2.75, 3.05) is 0 Å². The summed E-state index contributed by atoms with van der Waals surface area (Å²) in [7, 11) is -29.7. The first-order valence-electron chi connectivity index (χ1n) is 3.77. The fourth-order valence-electron chi connectivity index (χ4n) is 0.581. The summed E-state index contributed by atoms with van der Waals surface area (Å²) < 4.78 is 66.3. The van der Waals surface area contributed by atoms with Crippen LogP contribution in [0, 0.1) is 0 Å². The fourth-order valence-corrected chi connectivity index (χ4v) is 6.30. The minimum atomic E-state index is -6.18. The third-order valence-corrected chi connectivity index (χ3v) is 7.43. The number of hydrogen-bond donors (Lipinski definition) is 7. The molecular formula is H18K7Na4O16P5. The summed E-state index contributed by atoms with van der Waals surface area (Å²) in [5.74, 6) is 0. The van der Waals surface area contributed by atoms with Gasteiger partial charge in [0.25, 0.3) is 0 Å². The largest absolute Gasteiger partial charge is 1.00 e. The second-order valence-electron chi connectivity index (χ2n) is 2.71. The predicted octanol–water partition coefficient (Wildman–Crippen LogP) is -32.2. The van der Waals surface area contributed by atoms with Crippen LogP contribution >= 0.6 is 39.1 Å². The molecule has 0 aliphatic carbocycles. The van der Waals surface area contributed by atoms with Crippen LogP contribution in [-0.4, -0.2) is 34.3 Å². The molecule has 7 N–H and O–H groups in total. The van der Waals surface area contributed by atoms with Crippen molar-refractivity contribution in [3.05, 3.63) is 0 Å². The molecule has 0 saturated heterocycles. The van der Waals surface area contributed by atoms with Gasteiger partial charge in [-0.05, 0) is 0 Å². The molecule has 0 spiro atoms. The van der Waals surface area contributed by atoms with Crippen LogP contribution in [0.3, 0.4) is 0 Å². The number of hydrogen-bond acceptors (Lipinski definition) is 9. The van der Waals surface area contributed by atoms with Gasteiger partial charge >= 0.3 is 517 Å². The summed E-state index contributed by atoms with van der Waals surface area (Å²) in [5.41, 5.74) is 0. The Morgan fingerprint density at radius 2 is 0.594 bits per heavy atom. The molecule has 32 heavy (non-hydrogen) atoms. The SMILES string of the molecule is O=P(O)(O)OP(=O)(O)OP(=O)(OP(=O)(O)O)OP(=O)(O)O.[H-].[H-].[H-].[H-].[H-].[H-].[H-].[H-].[H-].[H-].[H-].[K+].[K+].[K+].[K+].[K+].[K+].[K+].[Na+].[Na+].[Na+].[Na+]. The first-order chi connectivity index (χ1) is 8.83. The van der Waals surface area contributed by atoms with Gasteiger partial charge in [-0.25, -0.2) is 22.8 Å². The zero-order chi connectivity index (χ0) is 17.3. The molecular weight excluding hydrogens is 776 g/mol. The maximum atomic E-state index is 11.4. The smallest absolute Gasteiger partial charge is 1.00 e. The Kier molecular flexibility index (Phi) is 102. The van der Waals surface area contributed by atoms with Crippen molar-refractivity contribution in [1.29, 1.82) is 0 Å². The van der Waals surface area contributed by atoms with Crippen molar-refractivity contribution >= 4 is 39.1 Å². The Balaban J connectivity index is -0.00000000866. The molecule has 0 saturated carbocycles. The molecule has 0 fully saturated rings. The van der Waals surface area contributed by atoms with E-state index in [1.165, 1.54) is 0 Å². The van der Waals surface area contributed by atoms with E-state index < -0.39 is 39.1 Å². The summed E-state index contributed by atoms with van der Waals surface area (Å²) in [6.07, 6.45) is 0. The van der Waals surface area contributed by atoms with E-state index in [-0.39, 0.29) is 494 Å². The van der Waals surface area contributed by atoms with Crippen molar-refractivity contribution in [2.24, 2.45) is 0 Å². The molecule has 16 nitrogen and oxygen atoms in total. The van der Waals surface area contributed by atoms with Crippen molar-refractivity contribution in [1.82, 2.24) is 0 Å². The minimum absolute atomic E-state index is 0. The van der Waals surface area contributed by atoms with Crippen LogP contribution in [0.1, 0.15) is 15.7 Å². The molecule has 1 unspecified atom stereocenters. The van der Waals surface area contributed by atoms with Crippen LogP contribution in [0.15, 0.2) is 0 Å². The molecule has 0 bridgehead atoms. The number of rotatable bonds is 8. The summed E-state index contributed by atoms with van der Waals surface area (Å²) in [6.45, 7) is 0. The number of phosphoric acid groups is 5. The van der Waals surface area contributed by atoms with Gasteiger partial charge in [-0.15, -0.1) is 0 Å². The molecule has 0 aromatic heterocycles. The van der Waals surface area contributed by atoms with Gasteiger partial charge in [-0.1, -0.05) is 0 Å². The first-order valence-corrected chi connectivity index (χ1v) is 11.3. The molecule has 150 valence electrons. The maximum absolute atomic E-state index is 11.4. The topological polar surface area (TPSA) is 264 Å². The van der Waals surface area contributed by atoms with E-state index in [0.717, 1.165) is 0 Å². The zero-order valence-corrected chi connectivity index (χ0v) is 54.4. The van der Waals surface area contributed by atoms with Gasteiger partial charge in [-0.3, -0.25) is 0 Å². The molecule has 0 amide bonds. The van der Waals surface area contributed by atoms with Crippen LogP contribution in [0.4, 0.5) is 0 Å². The van der Waals surface area contributed by atoms with E-state index in [1.807, 2.05) is 0 Å². The second-order valence-corrected chi connectivity index (χ2v) is 10.1. The summed E-state index contributed by atoms with van der Waals surface area (Å²) in [6, 6.07) is 0. The van der Waals surface area contributed by atoms with Crippen LogP contribution in [0.5, 0.6) is 0 Å². The Hall–Kier alpha value is 16.2. The molecule has 0 aliphatic heterocycles. The Morgan fingerprint density at radius 1 is 0.406 bits per heavy atom. The molecule has 0 radical (unpaired) electrons. The average Bonchev–Trinajstić information content (AvgIpc) is 1.83. The Labute approximate surface area is 587 Å². The van der Waals surface area contributed by atoms with Crippen LogP contribution in [0.25, 0.3) is 0 Å². The van der Waals surface area contributed by atoms with Crippen molar-refractivity contribution in [3.63, 3.8) is 0 Å².